The number of hydrogen-bond acceptors (Lipinski definition) is 6. The fraction of sp³-hybridized carbons (Fsp3) is 0.462. The molecule has 2 aromatic rings. The number of carbonyl (C=O) groups excluding carboxylic acids is 2. The highest BCUT2D eigenvalue weighted by Gasteiger charge is 2.26. The summed E-state index contributed by atoms with van der Waals surface area (Å²) in [6.45, 7) is 10.4. The molecule has 0 spiro atoms. The third-order valence-corrected chi connectivity index (χ3v) is 4.78. The number of aromatic nitrogens is 1. The molecule has 0 aliphatic heterocycles. The predicted molar refractivity (Wildman–Crippen MR) is 129 cm³/mol. The van der Waals surface area contributed by atoms with Gasteiger partial charge >= 0.3 is 6.09 Å². The van der Waals surface area contributed by atoms with Gasteiger partial charge in [-0.3, -0.25) is 9.78 Å². The van der Waals surface area contributed by atoms with E-state index in [9.17, 15) is 14.9 Å². The van der Waals surface area contributed by atoms with Gasteiger partial charge < -0.3 is 19.7 Å². The van der Waals surface area contributed by atoms with E-state index in [1.54, 1.807) is 41.6 Å². The standard InChI is InChI=1S/C26H34N4O4/c1-19(2)23(33-22-12-7-6-11-21(22)16-27)24(31)29-14-9-15-30(25(32)34-26(3,4)5)18-20-10-8-13-28-17-20/h6-8,10-13,17,19,23H,9,14-15,18H2,1-5H3,(H,29,31). The van der Waals surface area contributed by atoms with E-state index in [-0.39, 0.29) is 11.8 Å². The van der Waals surface area contributed by atoms with E-state index < -0.39 is 17.8 Å². The number of nitrogens with zero attached hydrogens (tertiary/aromatic N) is 3. The van der Waals surface area contributed by atoms with Crippen molar-refractivity contribution in [1.29, 1.82) is 5.26 Å². The molecule has 0 radical (unpaired) electrons. The molecule has 0 bridgehead atoms. The van der Waals surface area contributed by atoms with Gasteiger partial charge in [0.25, 0.3) is 5.91 Å². The van der Waals surface area contributed by atoms with E-state index in [1.165, 1.54) is 0 Å². The van der Waals surface area contributed by atoms with Gasteiger partial charge in [-0.05, 0) is 56.9 Å². The van der Waals surface area contributed by atoms with Crippen LogP contribution in [0, 0.1) is 17.2 Å². The normalized spacial score (nSPS) is 11.9. The molecular weight excluding hydrogens is 432 g/mol. The predicted octanol–water partition coefficient (Wildman–Crippen LogP) is 4.30. The Hall–Kier alpha value is -3.60. The summed E-state index contributed by atoms with van der Waals surface area (Å²) in [5.41, 5.74) is 0.659. The lowest BCUT2D eigenvalue weighted by molar-refractivity contribution is -0.129. The van der Waals surface area contributed by atoms with Crippen LogP contribution in [0.2, 0.25) is 0 Å². The molecule has 8 nitrogen and oxygen atoms in total. The molecule has 2 amide bonds. The SMILES string of the molecule is CC(C)C(Oc1ccccc1C#N)C(=O)NCCCN(Cc1cccnc1)C(=O)OC(C)(C)C. The summed E-state index contributed by atoms with van der Waals surface area (Å²) >= 11 is 0. The summed E-state index contributed by atoms with van der Waals surface area (Å²) < 4.78 is 11.4. The summed E-state index contributed by atoms with van der Waals surface area (Å²) in [7, 11) is 0. The van der Waals surface area contributed by atoms with Crippen molar-refractivity contribution in [1.82, 2.24) is 15.2 Å². The Morgan fingerprint density at radius 3 is 2.53 bits per heavy atom. The first-order valence-electron chi connectivity index (χ1n) is 11.4. The van der Waals surface area contributed by atoms with Crippen LogP contribution in [0.15, 0.2) is 48.8 Å². The first kappa shape index (κ1) is 26.7. The molecule has 0 fully saturated rings. The Morgan fingerprint density at radius 1 is 1.18 bits per heavy atom. The van der Waals surface area contributed by atoms with E-state index in [0.29, 0.717) is 37.4 Å². The zero-order chi connectivity index (χ0) is 25.1. The van der Waals surface area contributed by atoms with Crippen LogP contribution in [0.3, 0.4) is 0 Å². The topological polar surface area (TPSA) is 105 Å². The van der Waals surface area contributed by atoms with E-state index in [2.05, 4.69) is 16.4 Å². The highest BCUT2D eigenvalue weighted by molar-refractivity contribution is 5.81. The maximum Gasteiger partial charge on any atom is 0.410 e. The Balaban J connectivity index is 1.96. The fourth-order valence-electron chi connectivity index (χ4n) is 3.15. The first-order valence-corrected chi connectivity index (χ1v) is 11.4. The summed E-state index contributed by atoms with van der Waals surface area (Å²) in [6, 6.07) is 12.6. The summed E-state index contributed by atoms with van der Waals surface area (Å²) in [5.74, 6) is 0.0147. The van der Waals surface area contributed by atoms with E-state index in [1.807, 2.05) is 46.8 Å². The lowest BCUT2D eigenvalue weighted by Gasteiger charge is -2.27. The Kier molecular flexibility index (Phi) is 9.87. The van der Waals surface area contributed by atoms with Crippen molar-refractivity contribution in [3.05, 3.63) is 59.9 Å². The van der Waals surface area contributed by atoms with Crippen LogP contribution in [0.5, 0.6) is 5.75 Å². The number of benzene rings is 1. The second-order valence-electron chi connectivity index (χ2n) is 9.30. The van der Waals surface area contributed by atoms with Crippen LogP contribution in [-0.4, -0.2) is 46.7 Å². The van der Waals surface area contributed by atoms with Crippen molar-refractivity contribution in [3.8, 4) is 11.8 Å². The maximum atomic E-state index is 12.8. The smallest absolute Gasteiger partial charge is 0.410 e. The molecule has 2 rings (SSSR count). The number of para-hydroxylation sites is 1. The molecule has 34 heavy (non-hydrogen) atoms. The van der Waals surface area contributed by atoms with Gasteiger partial charge in [0, 0.05) is 25.5 Å². The molecule has 8 heteroatoms. The highest BCUT2D eigenvalue weighted by Crippen LogP contribution is 2.21. The lowest BCUT2D eigenvalue weighted by atomic mass is 10.1. The molecule has 1 unspecified atom stereocenters. The minimum absolute atomic E-state index is 0.101. The van der Waals surface area contributed by atoms with Gasteiger partial charge in [0.15, 0.2) is 6.10 Å². The second kappa shape index (κ2) is 12.6. The quantitative estimate of drug-likeness (QED) is 0.524. The Morgan fingerprint density at radius 2 is 1.91 bits per heavy atom. The number of hydrogen-bond donors (Lipinski definition) is 1. The van der Waals surface area contributed by atoms with Crippen LogP contribution in [0.25, 0.3) is 0 Å². The van der Waals surface area contributed by atoms with Crippen molar-refractivity contribution in [2.75, 3.05) is 13.1 Å². The van der Waals surface area contributed by atoms with E-state index in [4.69, 9.17) is 9.47 Å². The number of nitrogens with one attached hydrogen (secondary N) is 1. The molecule has 0 aliphatic rings. The molecular formula is C26H34N4O4. The van der Waals surface area contributed by atoms with Crippen molar-refractivity contribution in [2.24, 2.45) is 5.92 Å². The van der Waals surface area contributed by atoms with Crippen molar-refractivity contribution in [2.45, 2.75) is 59.3 Å². The molecule has 1 aromatic carbocycles. The minimum Gasteiger partial charge on any atom is -0.479 e. The lowest BCUT2D eigenvalue weighted by Crippen LogP contribution is -2.43. The fourth-order valence-corrected chi connectivity index (χ4v) is 3.15. The van der Waals surface area contributed by atoms with Crippen molar-refractivity contribution < 1.29 is 19.1 Å². The molecule has 0 saturated carbocycles. The van der Waals surface area contributed by atoms with Crippen LogP contribution < -0.4 is 10.1 Å². The number of rotatable bonds is 10. The van der Waals surface area contributed by atoms with Gasteiger partial charge in [-0.2, -0.15) is 5.26 Å². The van der Waals surface area contributed by atoms with Gasteiger partial charge in [0.2, 0.25) is 0 Å². The molecule has 182 valence electrons. The van der Waals surface area contributed by atoms with Crippen molar-refractivity contribution in [3.63, 3.8) is 0 Å². The largest absolute Gasteiger partial charge is 0.479 e. The number of nitriles is 1. The maximum absolute atomic E-state index is 12.8. The summed E-state index contributed by atoms with van der Waals surface area (Å²) in [6.07, 6.45) is 2.76. The summed E-state index contributed by atoms with van der Waals surface area (Å²) in [5, 5.41) is 12.2. The number of amides is 2. The zero-order valence-corrected chi connectivity index (χ0v) is 20.6. The highest BCUT2D eigenvalue weighted by atomic mass is 16.6. The summed E-state index contributed by atoms with van der Waals surface area (Å²) in [4.78, 5) is 31.2. The number of ether oxygens (including phenoxy) is 2. The zero-order valence-electron chi connectivity index (χ0n) is 20.6. The molecule has 1 heterocycles. The monoisotopic (exact) mass is 466 g/mol. The Labute approximate surface area is 201 Å². The van der Waals surface area contributed by atoms with Gasteiger partial charge in [-0.15, -0.1) is 0 Å². The molecule has 0 saturated heterocycles. The van der Waals surface area contributed by atoms with Gasteiger partial charge in [-0.1, -0.05) is 32.0 Å². The molecule has 1 atom stereocenters. The molecule has 1 N–H and O–H groups in total. The minimum atomic E-state index is -0.744. The number of pyridine rings is 1. The third-order valence-electron chi connectivity index (χ3n) is 4.78. The van der Waals surface area contributed by atoms with Gasteiger partial charge in [-0.25, -0.2) is 4.79 Å². The van der Waals surface area contributed by atoms with E-state index >= 15 is 0 Å². The molecule has 0 aliphatic carbocycles. The van der Waals surface area contributed by atoms with Gasteiger partial charge in [0.1, 0.15) is 17.4 Å². The van der Waals surface area contributed by atoms with Crippen LogP contribution in [0.1, 0.15) is 52.2 Å². The molecule has 1 aromatic heterocycles. The van der Waals surface area contributed by atoms with Crippen LogP contribution in [0.4, 0.5) is 4.79 Å². The van der Waals surface area contributed by atoms with E-state index in [0.717, 1.165) is 5.56 Å². The Bertz CT molecular complexity index is 980. The van der Waals surface area contributed by atoms with Gasteiger partial charge in [0.05, 0.1) is 12.1 Å². The second-order valence-corrected chi connectivity index (χ2v) is 9.30. The average molecular weight is 467 g/mol. The number of carbonyl (C=O) groups is 2. The van der Waals surface area contributed by atoms with Crippen molar-refractivity contribution >= 4 is 12.0 Å². The average Bonchev–Trinajstić information content (AvgIpc) is 2.78. The third kappa shape index (κ3) is 8.74. The van der Waals surface area contributed by atoms with Crippen LogP contribution in [-0.2, 0) is 16.1 Å². The van der Waals surface area contributed by atoms with Crippen LogP contribution >= 0.6 is 0 Å². The first-order chi connectivity index (χ1) is 16.1.